The molecule has 3 heteroatoms. The summed E-state index contributed by atoms with van der Waals surface area (Å²) in [6.07, 6.45) is 40.9. The number of ether oxygens (including phenoxy) is 1. The molecule has 0 rings (SSSR count). The van der Waals surface area contributed by atoms with Crippen LogP contribution in [0.1, 0.15) is 206 Å². The SMILES string of the molecule is CCCCCCCCCCCCCCCCCC(OCCCCCCCCCCCCCCCC)C(O)S. The molecule has 0 amide bonds. The summed E-state index contributed by atoms with van der Waals surface area (Å²) in [6, 6.07) is 0. The third-order valence-corrected chi connectivity index (χ3v) is 8.59. The van der Waals surface area contributed by atoms with E-state index in [0.717, 1.165) is 25.9 Å². The molecule has 230 valence electrons. The zero-order valence-corrected chi connectivity index (χ0v) is 27.3. The van der Waals surface area contributed by atoms with E-state index in [0.29, 0.717) is 0 Å². The second-order valence-corrected chi connectivity index (χ2v) is 12.7. The Balaban J connectivity index is 3.37. The fourth-order valence-corrected chi connectivity index (χ4v) is 5.80. The molecule has 0 heterocycles. The van der Waals surface area contributed by atoms with Crippen molar-refractivity contribution < 1.29 is 9.84 Å². The molecule has 2 unspecified atom stereocenters. The Labute approximate surface area is 246 Å². The minimum absolute atomic E-state index is 0.0951. The average molecular weight is 557 g/mol. The predicted octanol–water partition coefficient (Wildman–Crippen LogP) is 12.4. The van der Waals surface area contributed by atoms with Crippen molar-refractivity contribution >= 4 is 12.6 Å². The predicted molar refractivity (Wildman–Crippen MR) is 175 cm³/mol. The molecular formula is C35H72O2S. The fraction of sp³-hybridized carbons (Fsp3) is 1.00. The molecule has 2 nitrogen and oxygen atoms in total. The van der Waals surface area contributed by atoms with Crippen LogP contribution < -0.4 is 0 Å². The van der Waals surface area contributed by atoms with Gasteiger partial charge in [0.2, 0.25) is 0 Å². The molecular weight excluding hydrogens is 484 g/mol. The lowest BCUT2D eigenvalue weighted by molar-refractivity contribution is -0.00796. The molecule has 0 saturated carbocycles. The maximum atomic E-state index is 9.98. The van der Waals surface area contributed by atoms with Crippen molar-refractivity contribution in [1.82, 2.24) is 0 Å². The van der Waals surface area contributed by atoms with Crippen LogP contribution in [0.5, 0.6) is 0 Å². The van der Waals surface area contributed by atoms with E-state index in [2.05, 4.69) is 26.5 Å². The molecule has 38 heavy (non-hydrogen) atoms. The van der Waals surface area contributed by atoms with E-state index < -0.39 is 5.44 Å². The highest BCUT2D eigenvalue weighted by Gasteiger charge is 2.15. The lowest BCUT2D eigenvalue weighted by Crippen LogP contribution is -2.25. The Hall–Kier alpha value is 0.270. The van der Waals surface area contributed by atoms with Crippen LogP contribution >= 0.6 is 12.6 Å². The molecule has 0 radical (unpaired) electrons. The minimum Gasteiger partial charge on any atom is -0.380 e. The second-order valence-electron chi connectivity index (χ2n) is 12.2. The minimum atomic E-state index is -0.645. The highest BCUT2D eigenvalue weighted by atomic mass is 32.1. The topological polar surface area (TPSA) is 29.5 Å². The number of hydrogen-bond donors (Lipinski definition) is 2. The molecule has 0 bridgehead atoms. The van der Waals surface area contributed by atoms with E-state index >= 15 is 0 Å². The van der Waals surface area contributed by atoms with Gasteiger partial charge in [0.05, 0.1) is 6.10 Å². The van der Waals surface area contributed by atoms with Gasteiger partial charge in [0.15, 0.2) is 0 Å². The van der Waals surface area contributed by atoms with E-state index in [9.17, 15) is 5.11 Å². The van der Waals surface area contributed by atoms with E-state index in [4.69, 9.17) is 4.74 Å². The van der Waals surface area contributed by atoms with Gasteiger partial charge in [-0.3, -0.25) is 0 Å². The zero-order chi connectivity index (χ0) is 27.8. The highest BCUT2D eigenvalue weighted by molar-refractivity contribution is 7.80. The Kier molecular flexibility index (Phi) is 33.7. The average Bonchev–Trinajstić information content (AvgIpc) is 2.91. The van der Waals surface area contributed by atoms with Crippen molar-refractivity contribution in [3.8, 4) is 0 Å². The van der Waals surface area contributed by atoms with Crippen LogP contribution in [0.2, 0.25) is 0 Å². The fourth-order valence-electron chi connectivity index (χ4n) is 5.57. The molecule has 0 aromatic heterocycles. The summed E-state index contributed by atoms with van der Waals surface area (Å²) in [5.41, 5.74) is -0.645. The van der Waals surface area contributed by atoms with Crippen LogP contribution in [0.15, 0.2) is 0 Å². The zero-order valence-electron chi connectivity index (χ0n) is 26.4. The van der Waals surface area contributed by atoms with E-state index in [1.807, 2.05) is 0 Å². The largest absolute Gasteiger partial charge is 0.380 e. The number of aliphatic hydroxyl groups excluding tert-OH is 1. The number of thiol groups is 1. The van der Waals surface area contributed by atoms with Crippen molar-refractivity contribution in [2.45, 2.75) is 218 Å². The van der Waals surface area contributed by atoms with Gasteiger partial charge in [-0.1, -0.05) is 194 Å². The molecule has 0 aromatic carbocycles. The maximum absolute atomic E-state index is 9.98. The van der Waals surface area contributed by atoms with Crippen LogP contribution in [-0.4, -0.2) is 23.3 Å². The van der Waals surface area contributed by atoms with Gasteiger partial charge in [0.1, 0.15) is 5.44 Å². The van der Waals surface area contributed by atoms with Crippen LogP contribution in [0.4, 0.5) is 0 Å². The first-order chi connectivity index (χ1) is 18.7. The van der Waals surface area contributed by atoms with Gasteiger partial charge in [-0.2, -0.15) is 0 Å². The van der Waals surface area contributed by atoms with Gasteiger partial charge < -0.3 is 9.84 Å². The first-order valence-corrected chi connectivity index (χ1v) is 18.2. The Bertz CT molecular complexity index is 381. The third kappa shape index (κ3) is 30.8. The molecule has 0 aliphatic rings. The summed E-state index contributed by atoms with van der Waals surface area (Å²) in [5.74, 6) is 0. The lowest BCUT2D eigenvalue weighted by atomic mass is 10.0. The second kappa shape index (κ2) is 33.5. The summed E-state index contributed by atoms with van der Waals surface area (Å²) >= 11 is 4.28. The third-order valence-electron chi connectivity index (χ3n) is 8.25. The smallest absolute Gasteiger partial charge is 0.123 e. The summed E-state index contributed by atoms with van der Waals surface area (Å²) in [6.45, 7) is 5.36. The summed E-state index contributed by atoms with van der Waals surface area (Å²) in [7, 11) is 0. The van der Waals surface area contributed by atoms with Gasteiger partial charge in [-0.25, -0.2) is 0 Å². The number of aliphatic hydroxyl groups is 1. The van der Waals surface area contributed by atoms with Crippen molar-refractivity contribution in [3.05, 3.63) is 0 Å². The van der Waals surface area contributed by atoms with Gasteiger partial charge in [-0.05, 0) is 12.8 Å². The molecule has 2 atom stereocenters. The Morgan fingerprint density at radius 3 is 0.974 bits per heavy atom. The van der Waals surface area contributed by atoms with Crippen LogP contribution in [0.25, 0.3) is 0 Å². The van der Waals surface area contributed by atoms with E-state index in [1.165, 1.54) is 173 Å². The highest BCUT2D eigenvalue weighted by Crippen LogP contribution is 2.18. The molecule has 0 fully saturated rings. The molecule has 0 aliphatic carbocycles. The first-order valence-electron chi connectivity index (χ1n) is 17.7. The lowest BCUT2D eigenvalue weighted by Gasteiger charge is -2.20. The van der Waals surface area contributed by atoms with Crippen LogP contribution in [-0.2, 0) is 4.74 Å². The summed E-state index contributed by atoms with van der Waals surface area (Å²) < 4.78 is 6.00. The molecule has 0 aliphatic heterocycles. The maximum Gasteiger partial charge on any atom is 0.123 e. The first kappa shape index (κ1) is 38.3. The van der Waals surface area contributed by atoms with Crippen molar-refractivity contribution in [3.63, 3.8) is 0 Å². The van der Waals surface area contributed by atoms with Crippen molar-refractivity contribution in [2.24, 2.45) is 0 Å². The van der Waals surface area contributed by atoms with E-state index in [1.54, 1.807) is 0 Å². The van der Waals surface area contributed by atoms with Gasteiger partial charge in [-0.15, -0.1) is 12.6 Å². The molecule has 0 saturated heterocycles. The van der Waals surface area contributed by atoms with Crippen LogP contribution in [0, 0.1) is 0 Å². The van der Waals surface area contributed by atoms with Crippen molar-refractivity contribution in [1.29, 1.82) is 0 Å². The van der Waals surface area contributed by atoms with E-state index in [-0.39, 0.29) is 6.10 Å². The van der Waals surface area contributed by atoms with Gasteiger partial charge >= 0.3 is 0 Å². The Morgan fingerprint density at radius 2 is 0.684 bits per heavy atom. The quantitative estimate of drug-likeness (QED) is 0.0478. The summed E-state index contributed by atoms with van der Waals surface area (Å²) in [4.78, 5) is 0. The van der Waals surface area contributed by atoms with Crippen molar-refractivity contribution in [2.75, 3.05) is 6.61 Å². The summed E-state index contributed by atoms with van der Waals surface area (Å²) in [5, 5.41) is 9.98. The van der Waals surface area contributed by atoms with Crippen LogP contribution in [0.3, 0.4) is 0 Å². The number of hydrogen-bond acceptors (Lipinski definition) is 3. The number of rotatable bonds is 33. The molecule has 1 N–H and O–H groups in total. The molecule has 0 spiro atoms. The normalized spacial score (nSPS) is 13.3. The number of unbranched alkanes of at least 4 members (excludes halogenated alkanes) is 27. The van der Waals surface area contributed by atoms with Gasteiger partial charge in [0, 0.05) is 6.61 Å². The standard InChI is InChI=1S/C35H72O2S/c1-3-5-7-9-11-13-15-17-19-20-22-24-26-28-30-32-34(35(36)38)37-33-31-29-27-25-23-21-18-16-14-12-10-8-6-4-2/h34-36,38H,3-33H2,1-2H3. The van der Waals surface area contributed by atoms with Gasteiger partial charge in [0.25, 0.3) is 0 Å². The Morgan fingerprint density at radius 1 is 0.421 bits per heavy atom. The monoisotopic (exact) mass is 557 g/mol. The molecule has 0 aromatic rings.